The summed E-state index contributed by atoms with van der Waals surface area (Å²) >= 11 is 0. The van der Waals surface area contributed by atoms with Gasteiger partial charge < -0.3 is 42.1 Å². The molecule has 10 heteroatoms. The van der Waals surface area contributed by atoms with E-state index in [1.807, 2.05) is 36.1 Å². The molecule has 7 nitrogen and oxygen atoms in total. The van der Waals surface area contributed by atoms with Gasteiger partial charge in [0.2, 0.25) is 0 Å². The van der Waals surface area contributed by atoms with Crippen LogP contribution in [-0.4, -0.2) is 31.8 Å². The highest BCUT2D eigenvalue weighted by Gasteiger charge is 2.50. The average Bonchev–Trinajstić information content (AvgIpc) is 2.53. The third-order valence-corrected chi connectivity index (χ3v) is 9.38. The summed E-state index contributed by atoms with van der Waals surface area (Å²) in [6, 6.07) is 3.74. The zero-order valence-electron chi connectivity index (χ0n) is 16.1. The number of hydrogen-bond acceptors (Lipinski definition) is 6. The molecule has 0 aliphatic rings. The first kappa shape index (κ1) is 26.2. The number of rotatable bonds is 12. The van der Waals surface area contributed by atoms with E-state index in [0.717, 1.165) is 5.56 Å². The van der Waals surface area contributed by atoms with Crippen LogP contribution in [0.25, 0.3) is 0 Å². The molecule has 0 aromatic carbocycles. The maximum atomic E-state index is 13.4. The Kier molecular flexibility index (Phi) is 12.7. The van der Waals surface area contributed by atoms with Crippen LogP contribution in [0.2, 0.25) is 0 Å². The minimum atomic E-state index is -3.71. The predicted octanol–water partition coefficient (Wildman–Crippen LogP) is 0.916. The zero-order chi connectivity index (χ0) is 18.9. The molecule has 1 aromatic rings. The van der Waals surface area contributed by atoms with Gasteiger partial charge in [-0.2, -0.15) is 0 Å². The molecule has 0 saturated carbocycles. The van der Waals surface area contributed by atoms with Gasteiger partial charge in [0.25, 0.3) is 0 Å². The maximum absolute atomic E-state index is 13.4. The molecule has 0 fully saturated rings. The second-order valence-corrected chi connectivity index (χ2v) is 10.2. The highest BCUT2D eigenvalue weighted by Crippen LogP contribution is 2.71. The van der Waals surface area contributed by atoms with Gasteiger partial charge in [-0.3, -0.25) is 9.13 Å². The second kappa shape index (κ2) is 12.6. The van der Waals surface area contributed by atoms with Crippen LogP contribution in [-0.2, 0) is 40.7 Å². The Balaban J connectivity index is 0.00000625. The van der Waals surface area contributed by atoms with Crippen LogP contribution in [0.15, 0.2) is 24.5 Å². The Morgan fingerprint density at radius 3 is 1.69 bits per heavy atom. The average molecular weight is 521 g/mol. The van der Waals surface area contributed by atoms with E-state index < -0.39 is 20.6 Å². The molecule has 1 rings (SSSR count). The van der Waals surface area contributed by atoms with Gasteiger partial charge in [0.1, 0.15) is 7.05 Å². The van der Waals surface area contributed by atoms with Crippen molar-refractivity contribution >= 4 is 15.2 Å². The molecule has 0 aliphatic carbocycles. The number of nitrogens with zero attached hydrogens (tertiary/aromatic N) is 1. The minimum absolute atomic E-state index is 0. The summed E-state index contributed by atoms with van der Waals surface area (Å²) in [6.45, 7) is 7.58. The molecule has 0 aliphatic heterocycles. The molecule has 0 unspecified atom stereocenters. The number of aromatic nitrogens is 1. The normalized spacial score (nSPS) is 12.2. The first-order chi connectivity index (χ1) is 11.8. The van der Waals surface area contributed by atoms with E-state index in [1.54, 1.807) is 27.7 Å². The molecule has 0 radical (unpaired) electrons. The number of pyridine rings is 1. The van der Waals surface area contributed by atoms with Crippen molar-refractivity contribution < 1.29 is 55.8 Å². The van der Waals surface area contributed by atoms with Crippen LogP contribution >= 0.6 is 15.2 Å². The molecule has 26 heavy (non-hydrogen) atoms. The van der Waals surface area contributed by atoms with Gasteiger partial charge in [-0.15, -0.1) is 0 Å². The zero-order valence-corrected chi connectivity index (χ0v) is 20.0. The second-order valence-electron chi connectivity index (χ2n) is 5.31. The summed E-state index contributed by atoms with van der Waals surface area (Å²) in [5.74, 6) is 0. The molecule has 152 valence electrons. The summed E-state index contributed by atoms with van der Waals surface area (Å²) < 4.78 is 50.6. The summed E-state index contributed by atoms with van der Waals surface area (Å²) in [6.07, 6.45) is 3.95. The lowest BCUT2D eigenvalue weighted by atomic mass is 10.2. The monoisotopic (exact) mass is 521 g/mol. The van der Waals surface area contributed by atoms with Gasteiger partial charge in [0, 0.05) is 18.1 Å². The van der Waals surface area contributed by atoms with Crippen molar-refractivity contribution in [1.29, 1.82) is 0 Å². The summed E-state index contributed by atoms with van der Waals surface area (Å²) in [7, 11) is -5.54. The lowest BCUT2D eigenvalue weighted by molar-refractivity contribution is -0.671. The van der Waals surface area contributed by atoms with E-state index >= 15 is 0 Å². The third-order valence-electron chi connectivity index (χ3n) is 3.39. The standard InChI is InChI=1S/C16H30NO6P2.HI/c1-6-20-24(18,21-7-2)16(25(19,22-8-3)23-9-4)13-15-11-10-12-17(5)14-15;/h10-12,14,16H,6-9,13H2,1-5H3;1H/q+1;/p-1. The van der Waals surface area contributed by atoms with Crippen LogP contribution in [0.1, 0.15) is 33.3 Å². The smallest absolute Gasteiger partial charge is 0.346 e. The summed E-state index contributed by atoms with van der Waals surface area (Å²) in [5.41, 5.74) is 0.842. The van der Waals surface area contributed by atoms with E-state index in [9.17, 15) is 9.13 Å². The van der Waals surface area contributed by atoms with Gasteiger partial charge in [0.05, 0.1) is 26.4 Å². The van der Waals surface area contributed by atoms with Crippen LogP contribution in [0.3, 0.4) is 0 Å². The molecular weight excluding hydrogens is 491 g/mol. The highest BCUT2D eigenvalue weighted by atomic mass is 127. The van der Waals surface area contributed by atoms with E-state index in [0.29, 0.717) is 0 Å². The molecule has 0 amide bonds. The van der Waals surface area contributed by atoms with Crippen LogP contribution in [0, 0.1) is 0 Å². The van der Waals surface area contributed by atoms with Crippen LogP contribution < -0.4 is 28.5 Å². The molecule has 0 bridgehead atoms. The van der Waals surface area contributed by atoms with Crippen LogP contribution in [0.4, 0.5) is 0 Å². The van der Waals surface area contributed by atoms with E-state index in [1.165, 1.54) is 0 Å². The van der Waals surface area contributed by atoms with Crippen molar-refractivity contribution in [2.45, 2.75) is 39.5 Å². The highest BCUT2D eigenvalue weighted by molar-refractivity contribution is 7.72. The third kappa shape index (κ3) is 7.30. The van der Waals surface area contributed by atoms with E-state index in [2.05, 4.69) is 0 Å². The van der Waals surface area contributed by atoms with Crippen molar-refractivity contribution in [3.05, 3.63) is 30.1 Å². The Hall–Kier alpha value is 0.180. The predicted molar refractivity (Wildman–Crippen MR) is 96.8 cm³/mol. The van der Waals surface area contributed by atoms with Gasteiger partial charge in [-0.25, -0.2) is 4.57 Å². The molecular formula is C16H30INO6P2. The number of aryl methyl sites for hydroxylation is 1. The Labute approximate surface area is 173 Å². The lowest BCUT2D eigenvalue weighted by Crippen LogP contribution is -3.00. The molecule has 0 spiro atoms. The van der Waals surface area contributed by atoms with Gasteiger partial charge in [-0.1, -0.05) is 0 Å². The first-order valence-corrected chi connectivity index (χ1v) is 11.8. The van der Waals surface area contributed by atoms with Gasteiger partial charge in [0.15, 0.2) is 17.8 Å². The van der Waals surface area contributed by atoms with Crippen molar-refractivity contribution in [3.8, 4) is 0 Å². The van der Waals surface area contributed by atoms with Gasteiger partial charge >= 0.3 is 15.2 Å². The van der Waals surface area contributed by atoms with Crippen molar-refractivity contribution in [2.75, 3.05) is 26.4 Å². The quantitative estimate of drug-likeness (QED) is 0.232. The fourth-order valence-electron chi connectivity index (χ4n) is 2.52. The Morgan fingerprint density at radius 1 is 0.923 bits per heavy atom. The van der Waals surface area contributed by atoms with Crippen LogP contribution in [0.5, 0.6) is 0 Å². The Bertz CT molecular complexity index is 581. The SMILES string of the molecule is CCOP(=O)(OCC)C(Cc1ccc[n+](C)c1)P(=O)(OCC)OCC.[I-]. The lowest BCUT2D eigenvalue weighted by Gasteiger charge is -2.31. The summed E-state index contributed by atoms with van der Waals surface area (Å²) in [5, 5.41) is -1.03. The number of halogens is 1. The maximum Gasteiger partial charge on any atom is 0.346 e. The molecule has 0 saturated heterocycles. The summed E-state index contributed by atoms with van der Waals surface area (Å²) in [4.78, 5) is 0. The topological polar surface area (TPSA) is 74.9 Å². The van der Waals surface area contributed by atoms with Crippen molar-refractivity contribution in [1.82, 2.24) is 0 Å². The molecule has 1 heterocycles. The van der Waals surface area contributed by atoms with Crippen molar-refractivity contribution in [2.24, 2.45) is 7.05 Å². The molecule has 0 atom stereocenters. The fraction of sp³-hybridized carbons (Fsp3) is 0.688. The van der Waals surface area contributed by atoms with E-state index in [-0.39, 0.29) is 56.8 Å². The number of hydrogen-bond donors (Lipinski definition) is 0. The molecule has 0 N–H and O–H groups in total. The first-order valence-electron chi connectivity index (χ1n) is 8.56. The molecule has 1 aromatic heterocycles. The van der Waals surface area contributed by atoms with E-state index in [4.69, 9.17) is 18.1 Å². The van der Waals surface area contributed by atoms with Gasteiger partial charge in [-0.05, 0) is 33.8 Å². The Morgan fingerprint density at radius 2 is 1.35 bits per heavy atom. The fourth-order valence-corrected chi connectivity index (χ4v) is 7.85. The minimum Gasteiger partial charge on any atom is -1.00 e. The largest absolute Gasteiger partial charge is 1.00 e. The van der Waals surface area contributed by atoms with Crippen molar-refractivity contribution in [3.63, 3.8) is 0 Å².